The molecule has 0 saturated carbocycles. The number of hydrogen-bond donors (Lipinski definition) is 2. The number of amides is 1. The zero-order chi connectivity index (χ0) is 26.6. The summed E-state index contributed by atoms with van der Waals surface area (Å²) in [5.74, 6) is -0.735. The molecule has 0 spiro atoms. The van der Waals surface area contributed by atoms with Crippen molar-refractivity contribution in [3.05, 3.63) is 122 Å². The Morgan fingerprint density at radius 3 is 2.45 bits per heavy atom. The number of hydrazone groups is 1. The smallest absolute Gasteiger partial charge is 0.343 e. The van der Waals surface area contributed by atoms with Gasteiger partial charge in [-0.15, -0.1) is 0 Å². The fourth-order valence-corrected chi connectivity index (χ4v) is 4.67. The van der Waals surface area contributed by atoms with Crippen molar-refractivity contribution in [2.75, 3.05) is 0 Å². The molecular formula is C29H18BrCl2N3O3. The number of H-pyrrole nitrogens is 1. The van der Waals surface area contributed by atoms with E-state index >= 15 is 0 Å². The van der Waals surface area contributed by atoms with Crippen molar-refractivity contribution in [2.45, 2.75) is 0 Å². The van der Waals surface area contributed by atoms with Crippen molar-refractivity contribution in [3.8, 4) is 16.9 Å². The predicted octanol–water partition coefficient (Wildman–Crippen LogP) is 7.89. The molecule has 0 radical (unpaired) electrons. The van der Waals surface area contributed by atoms with E-state index in [0.29, 0.717) is 32.4 Å². The standard InChI is InChI=1S/C29H18BrCl2N3O3/c30-19-11-14-25(38-29(37)17-9-12-20(31)13-10-17)18(15-19)16-33-35-28(36)27-26(21-5-1-3-7-23(21)32)22-6-2-4-8-24(22)34-27/h1-16,34H,(H,35,36). The first-order valence-electron chi connectivity index (χ1n) is 11.4. The molecule has 38 heavy (non-hydrogen) atoms. The summed E-state index contributed by atoms with van der Waals surface area (Å²) < 4.78 is 6.31. The van der Waals surface area contributed by atoms with Crippen molar-refractivity contribution < 1.29 is 14.3 Å². The number of nitrogens with one attached hydrogen (secondary N) is 2. The van der Waals surface area contributed by atoms with Crippen LogP contribution >= 0.6 is 39.1 Å². The Kier molecular flexibility index (Phi) is 7.60. The molecule has 9 heteroatoms. The number of aromatic nitrogens is 1. The summed E-state index contributed by atoms with van der Waals surface area (Å²) >= 11 is 15.8. The van der Waals surface area contributed by atoms with Gasteiger partial charge in [0.2, 0.25) is 0 Å². The monoisotopic (exact) mass is 605 g/mol. The molecule has 188 valence electrons. The molecule has 0 unspecified atom stereocenters. The van der Waals surface area contributed by atoms with E-state index in [0.717, 1.165) is 20.9 Å². The third-order valence-electron chi connectivity index (χ3n) is 5.70. The number of rotatable bonds is 6. The van der Waals surface area contributed by atoms with Crippen LogP contribution < -0.4 is 10.2 Å². The number of esters is 1. The number of benzene rings is 4. The minimum Gasteiger partial charge on any atom is -0.422 e. The first-order chi connectivity index (χ1) is 18.4. The highest BCUT2D eigenvalue weighted by Crippen LogP contribution is 2.36. The van der Waals surface area contributed by atoms with Gasteiger partial charge in [-0.05, 0) is 54.6 Å². The normalized spacial score (nSPS) is 11.1. The Labute approximate surface area is 236 Å². The van der Waals surface area contributed by atoms with Crippen LogP contribution in [0.5, 0.6) is 5.75 Å². The van der Waals surface area contributed by atoms with Gasteiger partial charge in [-0.25, -0.2) is 10.2 Å². The highest BCUT2D eigenvalue weighted by atomic mass is 79.9. The van der Waals surface area contributed by atoms with E-state index in [9.17, 15) is 9.59 Å². The van der Waals surface area contributed by atoms with Crippen LogP contribution in [-0.2, 0) is 0 Å². The van der Waals surface area contributed by atoms with Gasteiger partial charge in [0.25, 0.3) is 5.91 Å². The molecule has 0 aliphatic heterocycles. The molecule has 5 rings (SSSR count). The van der Waals surface area contributed by atoms with Crippen molar-refractivity contribution >= 4 is 68.1 Å². The summed E-state index contributed by atoms with van der Waals surface area (Å²) in [4.78, 5) is 29.0. The Balaban J connectivity index is 1.41. The third-order valence-corrected chi connectivity index (χ3v) is 6.78. The zero-order valence-corrected chi connectivity index (χ0v) is 22.6. The maximum Gasteiger partial charge on any atom is 0.343 e. The van der Waals surface area contributed by atoms with Crippen LogP contribution in [0.2, 0.25) is 10.0 Å². The summed E-state index contributed by atoms with van der Waals surface area (Å²) in [5, 5.41) is 6.03. The van der Waals surface area contributed by atoms with Crippen LogP contribution in [0.15, 0.2) is 101 Å². The molecular weight excluding hydrogens is 589 g/mol. The molecule has 0 atom stereocenters. The van der Waals surface area contributed by atoms with Gasteiger partial charge in [-0.2, -0.15) is 5.10 Å². The first kappa shape index (κ1) is 25.7. The maximum atomic E-state index is 13.2. The number of fused-ring (bicyclic) bond motifs is 1. The average Bonchev–Trinajstić information content (AvgIpc) is 3.30. The van der Waals surface area contributed by atoms with Crippen LogP contribution in [-0.4, -0.2) is 23.1 Å². The second kappa shape index (κ2) is 11.2. The molecule has 1 aromatic heterocycles. The summed E-state index contributed by atoms with van der Waals surface area (Å²) in [6.07, 6.45) is 1.41. The Morgan fingerprint density at radius 2 is 1.66 bits per heavy atom. The largest absolute Gasteiger partial charge is 0.422 e. The number of aromatic amines is 1. The number of nitrogens with zero attached hydrogens (tertiary/aromatic N) is 1. The molecule has 0 bridgehead atoms. The van der Waals surface area contributed by atoms with E-state index in [-0.39, 0.29) is 5.75 Å². The molecule has 2 N–H and O–H groups in total. The molecule has 0 saturated heterocycles. The van der Waals surface area contributed by atoms with Gasteiger partial charge < -0.3 is 9.72 Å². The van der Waals surface area contributed by atoms with E-state index in [1.54, 1.807) is 48.5 Å². The van der Waals surface area contributed by atoms with Crippen molar-refractivity contribution in [2.24, 2.45) is 5.10 Å². The number of carbonyl (C=O) groups is 2. The van der Waals surface area contributed by atoms with Gasteiger partial charge in [0.15, 0.2) is 0 Å². The summed E-state index contributed by atoms with van der Waals surface area (Å²) in [5.41, 5.74) is 5.90. The van der Waals surface area contributed by atoms with Crippen molar-refractivity contribution in [1.82, 2.24) is 10.4 Å². The number of carbonyl (C=O) groups excluding carboxylic acids is 2. The fraction of sp³-hybridized carbons (Fsp3) is 0. The van der Waals surface area contributed by atoms with Gasteiger partial charge in [-0.1, -0.05) is 75.5 Å². The van der Waals surface area contributed by atoms with Crippen LogP contribution in [0.4, 0.5) is 0 Å². The molecule has 1 amide bonds. The number of hydrogen-bond acceptors (Lipinski definition) is 4. The second-order valence-electron chi connectivity index (χ2n) is 8.18. The highest BCUT2D eigenvalue weighted by Gasteiger charge is 2.20. The van der Waals surface area contributed by atoms with E-state index < -0.39 is 11.9 Å². The van der Waals surface area contributed by atoms with Crippen LogP contribution in [0.3, 0.4) is 0 Å². The van der Waals surface area contributed by atoms with Gasteiger partial charge in [0, 0.05) is 42.1 Å². The first-order valence-corrected chi connectivity index (χ1v) is 12.9. The molecule has 0 fully saturated rings. The lowest BCUT2D eigenvalue weighted by Gasteiger charge is -2.08. The van der Waals surface area contributed by atoms with E-state index in [2.05, 4.69) is 31.4 Å². The Bertz CT molecular complexity index is 1700. The van der Waals surface area contributed by atoms with Crippen LogP contribution in [0, 0.1) is 0 Å². The fourth-order valence-electron chi connectivity index (χ4n) is 3.93. The molecule has 5 aromatic rings. The SMILES string of the molecule is O=C(Oc1ccc(Br)cc1C=NNC(=O)c1[nH]c2ccccc2c1-c1ccccc1Cl)c1ccc(Cl)cc1. The topological polar surface area (TPSA) is 83.5 Å². The Morgan fingerprint density at radius 1 is 0.921 bits per heavy atom. The summed E-state index contributed by atoms with van der Waals surface area (Å²) in [6.45, 7) is 0. The number of ether oxygens (including phenoxy) is 1. The molecule has 1 heterocycles. The lowest BCUT2D eigenvalue weighted by molar-refractivity contribution is 0.0734. The summed E-state index contributed by atoms with van der Waals surface area (Å²) in [7, 11) is 0. The van der Waals surface area contributed by atoms with E-state index in [1.165, 1.54) is 6.21 Å². The van der Waals surface area contributed by atoms with Gasteiger partial charge in [-0.3, -0.25) is 4.79 Å². The predicted molar refractivity (Wildman–Crippen MR) is 154 cm³/mol. The molecule has 0 aliphatic rings. The molecule has 6 nitrogen and oxygen atoms in total. The third kappa shape index (κ3) is 5.50. The van der Waals surface area contributed by atoms with Gasteiger partial charge in [0.1, 0.15) is 11.4 Å². The van der Waals surface area contributed by atoms with Crippen molar-refractivity contribution in [1.29, 1.82) is 0 Å². The minimum atomic E-state index is -0.551. The molecule has 0 aliphatic carbocycles. The van der Waals surface area contributed by atoms with E-state index in [1.807, 2.05) is 42.5 Å². The lowest BCUT2D eigenvalue weighted by atomic mass is 10.0. The van der Waals surface area contributed by atoms with Crippen molar-refractivity contribution in [3.63, 3.8) is 0 Å². The quantitative estimate of drug-likeness (QED) is 0.0892. The minimum absolute atomic E-state index is 0.272. The second-order valence-corrected chi connectivity index (χ2v) is 9.94. The number of halogens is 3. The summed E-state index contributed by atoms with van der Waals surface area (Å²) in [6, 6.07) is 26.4. The average molecular weight is 607 g/mol. The van der Waals surface area contributed by atoms with E-state index in [4.69, 9.17) is 27.9 Å². The van der Waals surface area contributed by atoms with Crippen LogP contribution in [0.1, 0.15) is 26.4 Å². The lowest BCUT2D eigenvalue weighted by Crippen LogP contribution is -2.19. The molecule has 4 aromatic carbocycles. The Hall–Kier alpha value is -3.91. The maximum absolute atomic E-state index is 13.2. The van der Waals surface area contributed by atoms with Gasteiger partial charge in [0.05, 0.1) is 11.8 Å². The highest BCUT2D eigenvalue weighted by molar-refractivity contribution is 9.10. The zero-order valence-electron chi connectivity index (χ0n) is 19.5. The van der Waals surface area contributed by atoms with Gasteiger partial charge >= 0.3 is 5.97 Å². The number of para-hydroxylation sites is 1. The van der Waals surface area contributed by atoms with Crippen LogP contribution in [0.25, 0.3) is 22.0 Å².